The Kier molecular flexibility index (Phi) is 9.11. The Bertz CT molecular complexity index is 145. The second kappa shape index (κ2) is 8.07. The number of Topliss-reactive ketones (excluding diaryl/α,β-unsaturated/α-hetero) is 1. The summed E-state index contributed by atoms with van der Waals surface area (Å²) in [6.07, 6.45) is 0. The van der Waals surface area contributed by atoms with Crippen LogP contribution in [0.1, 0.15) is 20.8 Å². The predicted octanol–water partition coefficient (Wildman–Crippen LogP) is -0.0516. The molecule has 0 heterocycles. The molecule has 1 atom stereocenters. The van der Waals surface area contributed by atoms with Crippen molar-refractivity contribution in [3.8, 4) is 0 Å². The average Bonchev–Trinajstić information content (AvgIpc) is 2.03. The molecule has 0 aliphatic rings. The number of ketones is 1. The molecule has 0 rings (SSSR count). The first-order valence-electron chi connectivity index (χ1n) is 3.98. The zero-order chi connectivity index (χ0) is 10.1. The summed E-state index contributed by atoms with van der Waals surface area (Å²) in [6, 6.07) is -0.486. The van der Waals surface area contributed by atoms with E-state index < -0.39 is 6.04 Å². The van der Waals surface area contributed by atoms with Crippen molar-refractivity contribution >= 4 is 5.78 Å². The van der Waals surface area contributed by atoms with E-state index in [0.29, 0.717) is 12.4 Å². The maximum atomic E-state index is 10.5. The molecule has 0 aliphatic carbocycles. The van der Waals surface area contributed by atoms with Gasteiger partial charge in [-0.05, 0) is 6.92 Å². The van der Waals surface area contributed by atoms with Crippen molar-refractivity contribution in [1.29, 1.82) is 0 Å². The van der Waals surface area contributed by atoms with Crippen LogP contribution in [0.15, 0.2) is 12.4 Å². The molecule has 1 unspecified atom stereocenters. The first-order valence-corrected chi connectivity index (χ1v) is 3.98. The van der Waals surface area contributed by atoms with E-state index >= 15 is 0 Å². The van der Waals surface area contributed by atoms with Crippen molar-refractivity contribution in [1.82, 2.24) is 5.32 Å². The lowest BCUT2D eigenvalue weighted by Crippen LogP contribution is -2.39. The van der Waals surface area contributed by atoms with Gasteiger partial charge in [-0.1, -0.05) is 20.4 Å². The molecule has 0 aromatic heterocycles. The summed E-state index contributed by atoms with van der Waals surface area (Å²) in [4.78, 5) is 10.5. The van der Waals surface area contributed by atoms with Gasteiger partial charge in [-0.2, -0.15) is 0 Å². The number of nitrogens with two attached hydrogens (primary N) is 2. The van der Waals surface area contributed by atoms with E-state index in [1.165, 1.54) is 6.92 Å². The van der Waals surface area contributed by atoms with Crippen molar-refractivity contribution in [3.63, 3.8) is 0 Å². The van der Waals surface area contributed by atoms with Crippen molar-refractivity contribution in [2.75, 3.05) is 6.54 Å². The Labute approximate surface area is 74.0 Å². The van der Waals surface area contributed by atoms with E-state index in [9.17, 15) is 4.79 Å². The van der Waals surface area contributed by atoms with Crippen LogP contribution in [-0.4, -0.2) is 18.4 Å². The van der Waals surface area contributed by atoms with Gasteiger partial charge < -0.3 is 16.8 Å². The van der Waals surface area contributed by atoms with Crippen LogP contribution in [0.4, 0.5) is 0 Å². The molecule has 0 amide bonds. The van der Waals surface area contributed by atoms with Gasteiger partial charge in [-0.15, -0.1) is 0 Å². The number of nitrogens with one attached hydrogen (secondary N) is 1. The summed E-state index contributed by atoms with van der Waals surface area (Å²) in [7, 11) is 0. The number of hydrogen-bond acceptors (Lipinski definition) is 4. The molecule has 12 heavy (non-hydrogen) atoms. The Morgan fingerprint density at radius 3 is 2.25 bits per heavy atom. The summed E-state index contributed by atoms with van der Waals surface area (Å²) >= 11 is 0. The smallest absolute Gasteiger partial charge is 0.148 e. The van der Waals surface area contributed by atoms with Crippen molar-refractivity contribution in [2.24, 2.45) is 11.5 Å². The average molecular weight is 173 g/mol. The van der Waals surface area contributed by atoms with Gasteiger partial charge in [0.25, 0.3) is 0 Å². The topological polar surface area (TPSA) is 81.1 Å². The molecule has 0 spiro atoms. The van der Waals surface area contributed by atoms with Crippen LogP contribution < -0.4 is 16.8 Å². The molecular weight excluding hydrogens is 154 g/mol. The fraction of sp³-hybridized carbons (Fsp3) is 0.625. The van der Waals surface area contributed by atoms with Gasteiger partial charge in [-0.25, -0.2) is 0 Å². The van der Waals surface area contributed by atoms with Crippen LogP contribution in [0.25, 0.3) is 0 Å². The highest BCUT2D eigenvalue weighted by molar-refractivity contribution is 5.81. The summed E-state index contributed by atoms with van der Waals surface area (Å²) in [5, 5.41) is 2.66. The monoisotopic (exact) mass is 173 g/mol. The maximum absolute atomic E-state index is 10.5. The molecule has 4 heteroatoms. The van der Waals surface area contributed by atoms with Crippen molar-refractivity contribution in [2.45, 2.75) is 26.8 Å². The molecule has 0 saturated heterocycles. The van der Waals surface area contributed by atoms with Crippen LogP contribution in [0.2, 0.25) is 0 Å². The molecule has 0 bridgehead atoms. The van der Waals surface area contributed by atoms with Gasteiger partial charge in [0.1, 0.15) is 5.78 Å². The maximum Gasteiger partial charge on any atom is 0.148 e. The molecular formula is C8H19N3O. The Hall–Kier alpha value is -1.03. The van der Waals surface area contributed by atoms with Crippen LogP contribution >= 0.6 is 0 Å². The van der Waals surface area contributed by atoms with Crippen LogP contribution in [-0.2, 0) is 4.79 Å². The van der Waals surface area contributed by atoms with E-state index in [1.54, 1.807) is 0 Å². The molecule has 0 fully saturated rings. The Balaban J connectivity index is 0. The Morgan fingerprint density at radius 2 is 2.00 bits per heavy atom. The standard InChI is InChI=1S/C6H13N3O.C2H6/c1-4(10)6(8)3-9-5(2)7;1-2/h6,9H,2-3,7-8H2,1H3;1-2H3. The molecule has 0 aromatic rings. The van der Waals surface area contributed by atoms with Crippen LogP contribution in [0, 0.1) is 0 Å². The first kappa shape index (κ1) is 13.6. The molecule has 0 radical (unpaired) electrons. The normalized spacial score (nSPS) is 10.7. The highest BCUT2D eigenvalue weighted by Crippen LogP contribution is 1.78. The third-order valence-corrected chi connectivity index (χ3v) is 1.07. The lowest BCUT2D eigenvalue weighted by molar-refractivity contribution is -0.118. The summed E-state index contributed by atoms with van der Waals surface area (Å²) in [5.74, 6) is 0.269. The number of carbonyl (C=O) groups excluding carboxylic acids is 1. The fourth-order valence-corrected chi connectivity index (χ4v) is 0.385. The zero-order valence-corrected chi connectivity index (χ0v) is 8.05. The number of hydrogen-bond donors (Lipinski definition) is 3. The minimum atomic E-state index is -0.486. The summed E-state index contributed by atoms with van der Waals surface area (Å²) < 4.78 is 0. The van der Waals surface area contributed by atoms with Crippen molar-refractivity contribution in [3.05, 3.63) is 12.4 Å². The summed E-state index contributed by atoms with van der Waals surface area (Å²) in [6.45, 7) is 9.17. The van der Waals surface area contributed by atoms with Crippen molar-refractivity contribution < 1.29 is 4.79 Å². The van der Waals surface area contributed by atoms with E-state index in [0.717, 1.165) is 0 Å². The molecule has 4 nitrogen and oxygen atoms in total. The van der Waals surface area contributed by atoms with Gasteiger partial charge in [-0.3, -0.25) is 4.79 Å². The van der Waals surface area contributed by atoms with E-state index in [4.69, 9.17) is 11.5 Å². The molecule has 0 saturated carbocycles. The van der Waals surface area contributed by atoms with Crippen LogP contribution in [0.3, 0.4) is 0 Å². The lowest BCUT2D eigenvalue weighted by atomic mass is 10.2. The third-order valence-electron chi connectivity index (χ3n) is 1.07. The second-order valence-corrected chi connectivity index (χ2v) is 2.12. The molecule has 72 valence electrons. The zero-order valence-electron chi connectivity index (χ0n) is 8.05. The van der Waals surface area contributed by atoms with E-state index in [2.05, 4.69) is 11.9 Å². The summed E-state index contributed by atoms with van der Waals surface area (Å²) in [5.41, 5.74) is 10.5. The highest BCUT2D eigenvalue weighted by Gasteiger charge is 2.05. The predicted molar refractivity (Wildman–Crippen MR) is 51.3 cm³/mol. The van der Waals surface area contributed by atoms with E-state index in [-0.39, 0.29) is 5.78 Å². The lowest BCUT2D eigenvalue weighted by Gasteiger charge is -2.08. The quantitative estimate of drug-likeness (QED) is 0.556. The molecule has 5 N–H and O–H groups in total. The molecule has 0 aliphatic heterocycles. The van der Waals surface area contributed by atoms with Gasteiger partial charge in [0.2, 0.25) is 0 Å². The number of carbonyl (C=O) groups is 1. The van der Waals surface area contributed by atoms with Gasteiger partial charge in [0.15, 0.2) is 0 Å². The third kappa shape index (κ3) is 8.97. The minimum absolute atomic E-state index is 0.0613. The van der Waals surface area contributed by atoms with Gasteiger partial charge >= 0.3 is 0 Å². The van der Waals surface area contributed by atoms with Gasteiger partial charge in [0.05, 0.1) is 11.9 Å². The van der Waals surface area contributed by atoms with E-state index in [1.807, 2.05) is 13.8 Å². The second-order valence-electron chi connectivity index (χ2n) is 2.12. The minimum Gasteiger partial charge on any atom is -0.386 e. The Morgan fingerprint density at radius 1 is 1.58 bits per heavy atom. The SMILES string of the molecule is C=C(N)NCC(N)C(C)=O.CC. The fourth-order valence-electron chi connectivity index (χ4n) is 0.385. The molecule has 0 aromatic carbocycles. The highest BCUT2D eigenvalue weighted by atomic mass is 16.1. The van der Waals surface area contributed by atoms with Gasteiger partial charge in [0, 0.05) is 6.54 Å². The number of rotatable bonds is 4. The van der Waals surface area contributed by atoms with Crippen LogP contribution in [0.5, 0.6) is 0 Å². The first-order chi connectivity index (χ1) is 5.54. The largest absolute Gasteiger partial charge is 0.386 e.